The minimum absolute atomic E-state index is 0.129. The van der Waals surface area contributed by atoms with E-state index in [2.05, 4.69) is 46.0 Å². The van der Waals surface area contributed by atoms with Crippen LogP contribution in [-0.2, 0) is 16.0 Å². The molecule has 0 radical (unpaired) electrons. The number of guanidine groups is 1. The number of hydrogen-bond donors (Lipinski definition) is 2. The number of piperidine rings is 1. The minimum Gasteiger partial charge on any atom is -0.373 e. The van der Waals surface area contributed by atoms with E-state index < -0.39 is 0 Å². The Morgan fingerprint density at radius 1 is 1.17 bits per heavy atom. The van der Waals surface area contributed by atoms with Gasteiger partial charge >= 0.3 is 0 Å². The van der Waals surface area contributed by atoms with Gasteiger partial charge in [-0.15, -0.1) is 0 Å². The molecular formula is C23H34N4O2. The lowest BCUT2D eigenvalue weighted by atomic mass is 9.90. The van der Waals surface area contributed by atoms with Gasteiger partial charge in [0.05, 0.1) is 18.2 Å². The van der Waals surface area contributed by atoms with E-state index in [4.69, 9.17) is 4.74 Å². The van der Waals surface area contributed by atoms with E-state index in [1.807, 2.05) is 11.8 Å². The van der Waals surface area contributed by atoms with E-state index in [0.29, 0.717) is 24.2 Å². The van der Waals surface area contributed by atoms with Crippen molar-refractivity contribution in [1.82, 2.24) is 15.5 Å². The Labute approximate surface area is 174 Å². The number of carbonyl (C=O) groups excluding carboxylic acids is 1. The lowest BCUT2D eigenvalue weighted by Gasteiger charge is -2.32. The molecule has 3 unspecified atom stereocenters. The van der Waals surface area contributed by atoms with Crippen LogP contribution in [0.5, 0.6) is 0 Å². The molecule has 0 saturated carbocycles. The van der Waals surface area contributed by atoms with Gasteiger partial charge in [-0.05, 0) is 56.9 Å². The molecule has 3 fully saturated rings. The number of carbonyl (C=O) groups is 1. The zero-order chi connectivity index (χ0) is 20.1. The van der Waals surface area contributed by atoms with Gasteiger partial charge in [-0.3, -0.25) is 4.79 Å². The monoisotopic (exact) mass is 398 g/mol. The number of rotatable bonds is 6. The van der Waals surface area contributed by atoms with Gasteiger partial charge < -0.3 is 20.3 Å². The lowest BCUT2D eigenvalue weighted by Crippen LogP contribution is -2.48. The van der Waals surface area contributed by atoms with Crippen LogP contribution in [0.25, 0.3) is 0 Å². The van der Waals surface area contributed by atoms with Crippen molar-refractivity contribution in [3.8, 4) is 0 Å². The molecule has 2 N–H and O–H groups in total. The van der Waals surface area contributed by atoms with Crippen molar-refractivity contribution in [2.24, 2.45) is 10.9 Å². The average Bonchev–Trinajstić information content (AvgIpc) is 3.36. The first kappa shape index (κ1) is 20.2. The maximum Gasteiger partial charge on any atom is 0.244 e. The molecule has 3 aliphatic rings. The Morgan fingerprint density at radius 2 is 1.97 bits per heavy atom. The van der Waals surface area contributed by atoms with Crippen LogP contribution >= 0.6 is 0 Å². The van der Waals surface area contributed by atoms with Gasteiger partial charge in [-0.25, -0.2) is 4.99 Å². The fourth-order valence-corrected chi connectivity index (χ4v) is 4.87. The van der Waals surface area contributed by atoms with Crippen molar-refractivity contribution in [1.29, 1.82) is 0 Å². The molecule has 1 aromatic carbocycles. The van der Waals surface area contributed by atoms with Gasteiger partial charge in [-0.2, -0.15) is 0 Å². The number of fused-ring (bicyclic) bond motifs is 2. The number of ether oxygens (including phenoxy) is 1. The van der Waals surface area contributed by atoms with Gasteiger partial charge in [-0.1, -0.05) is 30.3 Å². The molecule has 0 aromatic heterocycles. The molecule has 0 spiro atoms. The number of amides is 1. The fourth-order valence-electron chi connectivity index (χ4n) is 4.87. The Morgan fingerprint density at radius 3 is 2.62 bits per heavy atom. The van der Waals surface area contributed by atoms with Gasteiger partial charge in [0, 0.05) is 19.6 Å². The molecule has 29 heavy (non-hydrogen) atoms. The molecule has 3 heterocycles. The highest BCUT2D eigenvalue weighted by molar-refractivity contribution is 5.85. The molecule has 0 aliphatic carbocycles. The first-order chi connectivity index (χ1) is 14.2. The van der Waals surface area contributed by atoms with Crippen LogP contribution in [0, 0.1) is 5.92 Å². The van der Waals surface area contributed by atoms with Gasteiger partial charge in [0.1, 0.15) is 6.54 Å². The summed E-state index contributed by atoms with van der Waals surface area (Å²) >= 11 is 0. The first-order valence-corrected chi connectivity index (χ1v) is 11.2. The third kappa shape index (κ3) is 5.30. The normalized spacial score (nSPS) is 27.3. The molecular weight excluding hydrogens is 364 g/mol. The van der Waals surface area contributed by atoms with Crippen LogP contribution in [0.4, 0.5) is 0 Å². The van der Waals surface area contributed by atoms with Crippen LogP contribution in [0.15, 0.2) is 35.3 Å². The molecule has 4 rings (SSSR count). The summed E-state index contributed by atoms with van der Waals surface area (Å²) in [5.74, 6) is 1.53. The third-order valence-corrected chi connectivity index (χ3v) is 6.48. The zero-order valence-corrected chi connectivity index (χ0v) is 17.5. The van der Waals surface area contributed by atoms with Gasteiger partial charge in [0.15, 0.2) is 5.96 Å². The second-order valence-corrected chi connectivity index (χ2v) is 8.57. The highest BCUT2D eigenvalue weighted by atomic mass is 16.5. The van der Waals surface area contributed by atoms with Crippen molar-refractivity contribution in [2.45, 2.75) is 63.7 Å². The molecule has 6 nitrogen and oxygen atoms in total. The van der Waals surface area contributed by atoms with Crippen molar-refractivity contribution >= 4 is 11.9 Å². The van der Waals surface area contributed by atoms with Crippen LogP contribution < -0.4 is 10.6 Å². The molecule has 6 heteroatoms. The molecule has 1 aromatic rings. The lowest BCUT2D eigenvalue weighted by molar-refractivity contribution is -0.130. The fraction of sp³-hybridized carbons (Fsp3) is 0.652. The number of likely N-dealkylation sites (tertiary alicyclic amines) is 1. The third-order valence-electron chi connectivity index (χ3n) is 6.48. The topological polar surface area (TPSA) is 66.0 Å². The number of benzene rings is 1. The highest BCUT2D eigenvalue weighted by Crippen LogP contribution is 2.34. The summed E-state index contributed by atoms with van der Waals surface area (Å²) in [6.07, 6.45) is 7.30. The van der Waals surface area contributed by atoms with Crippen molar-refractivity contribution < 1.29 is 9.53 Å². The van der Waals surface area contributed by atoms with E-state index in [-0.39, 0.29) is 12.5 Å². The first-order valence-electron chi connectivity index (χ1n) is 11.2. The van der Waals surface area contributed by atoms with Gasteiger partial charge in [0.25, 0.3) is 0 Å². The van der Waals surface area contributed by atoms with Crippen LogP contribution in [0.1, 0.15) is 44.6 Å². The smallest absolute Gasteiger partial charge is 0.244 e. The summed E-state index contributed by atoms with van der Waals surface area (Å²) in [6, 6.07) is 11.0. The zero-order valence-electron chi connectivity index (χ0n) is 17.5. The number of nitrogens with zero attached hydrogens (tertiary/aromatic N) is 2. The summed E-state index contributed by atoms with van der Waals surface area (Å²) in [5.41, 5.74) is 1.40. The molecule has 2 bridgehead atoms. The Hall–Kier alpha value is -2.08. The SMILES string of the molecule is CCNC(=NCC(=O)N1CCC(Cc2ccccc2)CC1)NC1CC2CCC1O2. The van der Waals surface area contributed by atoms with E-state index in [0.717, 1.165) is 57.7 Å². The second-order valence-electron chi connectivity index (χ2n) is 8.57. The van der Waals surface area contributed by atoms with Crippen LogP contribution in [-0.4, -0.2) is 61.2 Å². The summed E-state index contributed by atoms with van der Waals surface area (Å²) in [5, 5.41) is 6.76. The number of aliphatic imine (C=N–C) groups is 1. The Bertz CT molecular complexity index is 700. The van der Waals surface area contributed by atoms with Crippen LogP contribution in [0.3, 0.4) is 0 Å². The highest BCUT2D eigenvalue weighted by Gasteiger charge is 2.41. The molecule has 158 valence electrons. The summed E-state index contributed by atoms with van der Waals surface area (Å²) in [7, 11) is 0. The Kier molecular flexibility index (Phi) is 6.70. The van der Waals surface area contributed by atoms with Crippen molar-refractivity contribution in [2.75, 3.05) is 26.2 Å². The summed E-state index contributed by atoms with van der Waals surface area (Å²) in [6.45, 7) is 4.73. The average molecular weight is 399 g/mol. The molecule has 3 aliphatic heterocycles. The van der Waals surface area contributed by atoms with Crippen molar-refractivity contribution in [3.05, 3.63) is 35.9 Å². The molecule has 3 saturated heterocycles. The standard InChI is InChI=1S/C23H34N4O2/c1-2-24-23(26-20-15-19-8-9-21(20)29-19)25-16-22(28)27-12-10-18(11-13-27)14-17-6-4-3-5-7-17/h3-7,18-21H,2,8-16H2,1H3,(H2,24,25,26). The quantitative estimate of drug-likeness (QED) is 0.570. The largest absolute Gasteiger partial charge is 0.373 e. The summed E-state index contributed by atoms with van der Waals surface area (Å²) in [4.78, 5) is 19.2. The van der Waals surface area contributed by atoms with Crippen molar-refractivity contribution in [3.63, 3.8) is 0 Å². The maximum atomic E-state index is 12.7. The number of hydrogen-bond acceptors (Lipinski definition) is 3. The Balaban J connectivity index is 1.23. The van der Waals surface area contributed by atoms with Gasteiger partial charge in [0.2, 0.25) is 5.91 Å². The molecule has 1 amide bonds. The number of nitrogens with one attached hydrogen (secondary N) is 2. The van der Waals surface area contributed by atoms with E-state index in [1.165, 1.54) is 12.0 Å². The van der Waals surface area contributed by atoms with Crippen LogP contribution in [0.2, 0.25) is 0 Å². The van der Waals surface area contributed by atoms with E-state index >= 15 is 0 Å². The van der Waals surface area contributed by atoms with E-state index in [9.17, 15) is 4.79 Å². The maximum absolute atomic E-state index is 12.7. The molecule has 3 atom stereocenters. The second kappa shape index (κ2) is 9.61. The predicted octanol–water partition coefficient (Wildman–Crippen LogP) is 2.34. The predicted molar refractivity (Wildman–Crippen MR) is 115 cm³/mol. The van der Waals surface area contributed by atoms with E-state index in [1.54, 1.807) is 0 Å². The summed E-state index contributed by atoms with van der Waals surface area (Å²) < 4.78 is 5.92. The minimum atomic E-state index is 0.129.